The molecule has 238 valence electrons. The van der Waals surface area contributed by atoms with Crippen LogP contribution in [0.2, 0.25) is 5.02 Å². The number of halogens is 1. The minimum absolute atomic E-state index is 0.0707. The summed E-state index contributed by atoms with van der Waals surface area (Å²) in [5.41, 5.74) is 0.967. The van der Waals surface area contributed by atoms with Gasteiger partial charge in [0.05, 0.1) is 31.9 Å². The molecule has 0 fully saturated rings. The average molecular weight is 646 g/mol. The number of ether oxygens (including phenoxy) is 3. The number of benzene rings is 3. The van der Waals surface area contributed by atoms with Gasteiger partial charge < -0.3 is 24.4 Å². The summed E-state index contributed by atoms with van der Waals surface area (Å²) in [5, 5.41) is 3.32. The van der Waals surface area contributed by atoms with E-state index in [2.05, 4.69) is 5.32 Å². The second kappa shape index (κ2) is 15.7. The Hall–Kier alpha value is -3.96. The monoisotopic (exact) mass is 645 g/mol. The van der Waals surface area contributed by atoms with Gasteiger partial charge in [0.2, 0.25) is 11.8 Å². The molecule has 3 rings (SSSR count). The summed E-state index contributed by atoms with van der Waals surface area (Å²) in [6.07, 6.45) is 0.315. The average Bonchev–Trinajstić information content (AvgIpc) is 3.02. The smallest absolute Gasteiger partial charge is 0.264 e. The molecule has 1 unspecified atom stereocenters. The van der Waals surface area contributed by atoms with Crippen LogP contribution in [0.3, 0.4) is 0 Å². The van der Waals surface area contributed by atoms with Crippen molar-refractivity contribution in [1.82, 2.24) is 10.2 Å². The molecule has 0 aliphatic carbocycles. The Morgan fingerprint density at radius 3 is 2.07 bits per heavy atom. The van der Waals surface area contributed by atoms with Gasteiger partial charge in [0, 0.05) is 24.2 Å². The Balaban J connectivity index is 2.08. The van der Waals surface area contributed by atoms with Gasteiger partial charge in [0.1, 0.15) is 18.3 Å². The molecule has 1 atom stereocenters. The largest absolute Gasteiger partial charge is 0.497 e. The lowest BCUT2D eigenvalue weighted by Gasteiger charge is -2.33. The number of sulfonamides is 1. The maximum Gasteiger partial charge on any atom is 0.264 e. The van der Waals surface area contributed by atoms with E-state index in [1.807, 2.05) is 20.8 Å². The van der Waals surface area contributed by atoms with E-state index in [9.17, 15) is 18.0 Å². The first kappa shape index (κ1) is 34.5. The lowest BCUT2D eigenvalue weighted by Crippen LogP contribution is -2.52. The normalized spacial score (nSPS) is 11.9. The summed E-state index contributed by atoms with van der Waals surface area (Å²) in [5.74, 6) is 0.530. The molecule has 0 aliphatic heterocycles. The van der Waals surface area contributed by atoms with Gasteiger partial charge in [-0.15, -0.1) is 0 Å². The molecule has 0 saturated carbocycles. The van der Waals surface area contributed by atoms with Crippen molar-refractivity contribution in [3.8, 4) is 17.2 Å². The Labute approximate surface area is 264 Å². The van der Waals surface area contributed by atoms with Crippen LogP contribution in [0.1, 0.15) is 32.8 Å². The first-order valence-corrected chi connectivity index (χ1v) is 16.0. The van der Waals surface area contributed by atoms with E-state index < -0.39 is 28.5 Å². The Bertz CT molecular complexity index is 1510. The molecule has 10 nitrogen and oxygen atoms in total. The summed E-state index contributed by atoms with van der Waals surface area (Å²) < 4.78 is 45.2. The first-order valence-electron chi connectivity index (χ1n) is 14.2. The van der Waals surface area contributed by atoms with Crippen LogP contribution < -0.4 is 23.8 Å². The van der Waals surface area contributed by atoms with Gasteiger partial charge in [-0.25, -0.2) is 8.42 Å². The van der Waals surface area contributed by atoms with E-state index in [0.717, 1.165) is 9.87 Å². The number of amides is 2. The zero-order valence-corrected chi connectivity index (χ0v) is 27.4. The highest BCUT2D eigenvalue weighted by molar-refractivity contribution is 7.92. The van der Waals surface area contributed by atoms with Crippen molar-refractivity contribution in [3.05, 3.63) is 77.3 Å². The summed E-state index contributed by atoms with van der Waals surface area (Å²) in [6, 6.07) is 16.6. The highest BCUT2D eigenvalue weighted by atomic mass is 35.5. The molecule has 0 bridgehead atoms. The maximum absolute atomic E-state index is 14.2. The maximum atomic E-state index is 14.2. The van der Waals surface area contributed by atoms with Crippen LogP contribution >= 0.6 is 11.6 Å². The van der Waals surface area contributed by atoms with E-state index in [4.69, 9.17) is 25.8 Å². The fraction of sp³-hybridized carbons (Fsp3) is 0.375. The van der Waals surface area contributed by atoms with Crippen LogP contribution in [0.5, 0.6) is 17.2 Å². The SMILES string of the molecule is CCC(C(=O)NCC(C)C)N(Cc1ccc(OC)cc1)C(=O)CN(c1ccc(Cl)cc1)S(=O)(=O)c1ccc(OC)c(OC)c1. The second-order valence-electron chi connectivity index (χ2n) is 10.4. The fourth-order valence-electron chi connectivity index (χ4n) is 4.51. The molecule has 0 radical (unpaired) electrons. The summed E-state index contributed by atoms with van der Waals surface area (Å²) >= 11 is 6.11. The molecule has 0 aromatic heterocycles. The van der Waals surface area contributed by atoms with E-state index in [1.54, 1.807) is 43.5 Å². The van der Waals surface area contributed by atoms with E-state index in [-0.39, 0.29) is 34.7 Å². The molecule has 3 aromatic carbocycles. The van der Waals surface area contributed by atoms with Crippen LogP contribution in [0.25, 0.3) is 0 Å². The summed E-state index contributed by atoms with van der Waals surface area (Å²) in [7, 11) is 0.0895. The molecule has 44 heavy (non-hydrogen) atoms. The summed E-state index contributed by atoms with van der Waals surface area (Å²) in [6.45, 7) is 5.69. The third-order valence-corrected chi connectivity index (χ3v) is 8.94. The summed E-state index contributed by atoms with van der Waals surface area (Å²) in [4.78, 5) is 28.9. The molecule has 1 N–H and O–H groups in total. The van der Waals surface area contributed by atoms with Crippen molar-refractivity contribution in [2.24, 2.45) is 5.92 Å². The van der Waals surface area contributed by atoms with Crippen LogP contribution in [0, 0.1) is 5.92 Å². The molecule has 12 heteroatoms. The standard InChI is InChI=1S/C32H40ClN3O7S/c1-7-28(32(38)34-19-22(2)3)35(20-23-8-14-26(41-4)15-9-23)31(37)21-36(25-12-10-24(33)11-13-25)44(39,40)27-16-17-29(42-5)30(18-27)43-6/h8-18,22,28H,7,19-21H2,1-6H3,(H,34,38). The third-order valence-electron chi connectivity index (χ3n) is 6.92. The Morgan fingerprint density at radius 2 is 1.52 bits per heavy atom. The molecular formula is C32H40ClN3O7S. The van der Waals surface area contributed by atoms with Crippen LogP contribution in [0.4, 0.5) is 5.69 Å². The van der Waals surface area contributed by atoms with E-state index in [1.165, 1.54) is 49.5 Å². The van der Waals surface area contributed by atoms with Crippen molar-refractivity contribution in [3.63, 3.8) is 0 Å². The number of hydrogen-bond acceptors (Lipinski definition) is 7. The van der Waals surface area contributed by atoms with E-state index >= 15 is 0 Å². The predicted octanol–water partition coefficient (Wildman–Crippen LogP) is 5.14. The highest BCUT2D eigenvalue weighted by Crippen LogP contribution is 2.33. The second-order valence-corrected chi connectivity index (χ2v) is 12.7. The van der Waals surface area contributed by atoms with Gasteiger partial charge in [0.25, 0.3) is 10.0 Å². The van der Waals surface area contributed by atoms with Gasteiger partial charge in [-0.1, -0.05) is 44.5 Å². The van der Waals surface area contributed by atoms with Gasteiger partial charge in [-0.05, 0) is 66.4 Å². The zero-order chi connectivity index (χ0) is 32.4. The van der Waals surface area contributed by atoms with Crippen LogP contribution in [0.15, 0.2) is 71.6 Å². The molecule has 3 aromatic rings. The minimum Gasteiger partial charge on any atom is -0.497 e. The number of nitrogens with one attached hydrogen (secondary N) is 1. The third kappa shape index (κ3) is 8.57. The number of nitrogens with zero attached hydrogens (tertiary/aromatic N) is 2. The number of rotatable bonds is 15. The predicted molar refractivity (Wildman–Crippen MR) is 171 cm³/mol. The van der Waals surface area contributed by atoms with E-state index in [0.29, 0.717) is 29.5 Å². The molecule has 0 spiro atoms. The van der Waals surface area contributed by atoms with Crippen molar-refractivity contribution in [1.29, 1.82) is 0 Å². The van der Waals surface area contributed by atoms with Crippen LogP contribution in [-0.4, -0.2) is 65.6 Å². The van der Waals surface area contributed by atoms with Gasteiger partial charge in [-0.2, -0.15) is 0 Å². The van der Waals surface area contributed by atoms with Gasteiger partial charge >= 0.3 is 0 Å². The van der Waals surface area contributed by atoms with Crippen molar-refractivity contribution < 1.29 is 32.2 Å². The molecule has 2 amide bonds. The van der Waals surface area contributed by atoms with Crippen molar-refractivity contribution in [2.75, 3.05) is 38.7 Å². The van der Waals surface area contributed by atoms with Gasteiger partial charge in [0.15, 0.2) is 11.5 Å². The number of carbonyl (C=O) groups excluding carboxylic acids is 2. The number of hydrogen-bond donors (Lipinski definition) is 1. The zero-order valence-electron chi connectivity index (χ0n) is 25.9. The quantitative estimate of drug-likeness (QED) is 0.243. The van der Waals surface area contributed by atoms with Crippen molar-refractivity contribution in [2.45, 2.75) is 44.7 Å². The molecule has 0 saturated heterocycles. The lowest BCUT2D eigenvalue weighted by atomic mass is 10.1. The molecular weight excluding hydrogens is 606 g/mol. The van der Waals surface area contributed by atoms with Crippen LogP contribution in [-0.2, 0) is 26.2 Å². The fourth-order valence-corrected chi connectivity index (χ4v) is 6.07. The highest BCUT2D eigenvalue weighted by Gasteiger charge is 2.34. The molecule has 0 aliphatic rings. The number of anilines is 1. The lowest BCUT2D eigenvalue weighted by molar-refractivity contribution is -0.140. The first-order chi connectivity index (χ1) is 20.9. The number of methoxy groups -OCH3 is 3. The van der Waals surface area contributed by atoms with Gasteiger partial charge in [-0.3, -0.25) is 13.9 Å². The topological polar surface area (TPSA) is 114 Å². The molecule has 0 heterocycles. The Morgan fingerprint density at radius 1 is 0.886 bits per heavy atom. The number of carbonyl (C=O) groups is 2. The Kier molecular flexibility index (Phi) is 12.3. The minimum atomic E-state index is -4.32. The van der Waals surface area contributed by atoms with Crippen molar-refractivity contribution >= 4 is 39.1 Å².